The smallest absolute Gasteiger partial charge is 0.143 e. The largest absolute Gasteiger partial charge is 0.395 e. The second-order valence-corrected chi connectivity index (χ2v) is 8.61. The van der Waals surface area contributed by atoms with E-state index in [1.165, 1.54) is 12.1 Å². The first kappa shape index (κ1) is 16.0. The predicted molar refractivity (Wildman–Crippen MR) is 88.0 cm³/mol. The Balaban J connectivity index is 1.76. The highest BCUT2D eigenvalue weighted by Gasteiger charge is 2.52. The van der Waals surface area contributed by atoms with Crippen molar-refractivity contribution in [1.82, 2.24) is 14.8 Å². The molecule has 7 heteroatoms. The van der Waals surface area contributed by atoms with Crippen molar-refractivity contribution in [2.45, 2.75) is 42.9 Å². The molecule has 0 saturated heterocycles. The van der Waals surface area contributed by atoms with Gasteiger partial charge in [0.05, 0.1) is 12.0 Å². The second-order valence-electron chi connectivity index (χ2n) is 6.93. The number of aliphatic hydroxyl groups excluding tert-OH is 1. The average Bonchev–Trinajstić information content (AvgIpc) is 3.28. The van der Waals surface area contributed by atoms with Crippen LogP contribution in [0.25, 0.3) is 0 Å². The molecule has 4 rings (SSSR count). The van der Waals surface area contributed by atoms with E-state index in [0.29, 0.717) is 12.0 Å². The lowest BCUT2D eigenvalue weighted by Crippen LogP contribution is -2.28. The van der Waals surface area contributed by atoms with Gasteiger partial charge in [-0.1, -0.05) is 6.07 Å². The zero-order valence-electron chi connectivity index (χ0n) is 13.4. The topological polar surface area (TPSA) is 50.9 Å². The molecule has 0 radical (unpaired) electrons. The zero-order chi connectivity index (χ0) is 16.9. The molecule has 2 aliphatic rings. The average molecular weight is 351 g/mol. The first-order valence-corrected chi connectivity index (χ1v) is 9.09. The van der Waals surface area contributed by atoms with Crippen molar-refractivity contribution in [3.63, 3.8) is 0 Å². The van der Waals surface area contributed by atoms with Crippen molar-refractivity contribution in [3.05, 3.63) is 47.0 Å². The molecule has 2 heterocycles. The summed E-state index contributed by atoms with van der Waals surface area (Å²) < 4.78 is 29.4. The summed E-state index contributed by atoms with van der Waals surface area (Å²) in [5, 5.41) is 18.4. The molecular weight excluding hydrogens is 332 g/mol. The van der Waals surface area contributed by atoms with Crippen molar-refractivity contribution in [1.29, 1.82) is 0 Å². The molecule has 1 saturated carbocycles. The Morgan fingerprint density at radius 1 is 1.29 bits per heavy atom. The quantitative estimate of drug-likeness (QED) is 0.924. The van der Waals surface area contributed by atoms with Crippen LogP contribution in [0.3, 0.4) is 0 Å². The highest BCUT2D eigenvalue weighted by atomic mass is 32.2. The van der Waals surface area contributed by atoms with E-state index >= 15 is 0 Å². The van der Waals surface area contributed by atoms with Crippen LogP contribution in [0.15, 0.2) is 18.2 Å². The van der Waals surface area contributed by atoms with Gasteiger partial charge in [0, 0.05) is 35.1 Å². The number of fused-ring (bicyclic) bond motifs is 1. The minimum absolute atomic E-state index is 0.0809. The van der Waals surface area contributed by atoms with Gasteiger partial charge in [-0.05, 0) is 25.8 Å². The number of benzene rings is 1. The fourth-order valence-corrected chi connectivity index (χ4v) is 4.63. The maximum absolute atomic E-state index is 14.3. The lowest BCUT2D eigenvalue weighted by Gasteiger charge is -2.23. The van der Waals surface area contributed by atoms with Gasteiger partial charge in [-0.2, -0.15) is 11.8 Å². The first-order chi connectivity index (χ1) is 11.5. The SMILES string of the molecule is C[C@@]1(CO)Cc2nnc(C3(c4ccc(F)cc4F)CC3)n2CCS1. The fraction of sp³-hybridized carbons (Fsp3) is 0.529. The second kappa shape index (κ2) is 5.52. The molecule has 1 aromatic heterocycles. The van der Waals surface area contributed by atoms with E-state index in [0.717, 1.165) is 42.9 Å². The van der Waals surface area contributed by atoms with Crippen molar-refractivity contribution in [2.75, 3.05) is 12.4 Å². The van der Waals surface area contributed by atoms with E-state index in [9.17, 15) is 13.9 Å². The molecule has 1 atom stereocenters. The molecular formula is C17H19F2N3OS. The molecule has 1 N–H and O–H groups in total. The maximum Gasteiger partial charge on any atom is 0.143 e. The van der Waals surface area contributed by atoms with Gasteiger partial charge in [0.1, 0.15) is 23.3 Å². The molecule has 128 valence electrons. The minimum atomic E-state index is -0.567. The summed E-state index contributed by atoms with van der Waals surface area (Å²) in [5.41, 5.74) is 0.00845. The Kier molecular flexibility index (Phi) is 3.69. The Morgan fingerprint density at radius 2 is 2.08 bits per heavy atom. The van der Waals surface area contributed by atoms with Crippen molar-refractivity contribution in [3.8, 4) is 0 Å². The Hall–Kier alpha value is -1.47. The van der Waals surface area contributed by atoms with Gasteiger partial charge in [0.15, 0.2) is 0 Å². The third kappa shape index (κ3) is 2.45. The number of aromatic nitrogens is 3. The van der Waals surface area contributed by atoms with Crippen LogP contribution in [-0.4, -0.2) is 37.0 Å². The molecule has 1 aliphatic carbocycles. The number of hydrogen-bond acceptors (Lipinski definition) is 4. The van der Waals surface area contributed by atoms with Gasteiger partial charge in [0.25, 0.3) is 0 Å². The Bertz CT molecular complexity index is 790. The zero-order valence-corrected chi connectivity index (χ0v) is 14.2. The molecule has 1 fully saturated rings. The monoisotopic (exact) mass is 351 g/mol. The molecule has 4 nitrogen and oxygen atoms in total. The van der Waals surface area contributed by atoms with Crippen LogP contribution in [-0.2, 0) is 18.4 Å². The summed E-state index contributed by atoms with van der Waals surface area (Å²) in [4.78, 5) is 0. The number of rotatable bonds is 3. The molecule has 24 heavy (non-hydrogen) atoms. The van der Waals surface area contributed by atoms with E-state index in [-0.39, 0.29) is 11.4 Å². The van der Waals surface area contributed by atoms with Gasteiger partial charge in [-0.15, -0.1) is 10.2 Å². The Morgan fingerprint density at radius 3 is 2.75 bits per heavy atom. The summed E-state index contributed by atoms with van der Waals surface area (Å²) in [6, 6.07) is 3.77. The summed E-state index contributed by atoms with van der Waals surface area (Å²) in [6.07, 6.45) is 2.21. The molecule has 2 aromatic rings. The van der Waals surface area contributed by atoms with Crippen LogP contribution in [0.4, 0.5) is 8.78 Å². The summed E-state index contributed by atoms with van der Waals surface area (Å²) in [5.74, 6) is 1.36. The highest BCUT2D eigenvalue weighted by molar-refractivity contribution is 8.00. The standard InChI is InChI=1S/C17H19F2N3OS/c1-16(10-23)9-14-20-21-15(22(14)6-7-24-16)17(4-5-17)12-3-2-11(18)8-13(12)19/h2-3,8,23H,4-7,9-10H2,1H3/t16-/m0/s1. The number of thioether (sulfide) groups is 1. The molecule has 1 aliphatic heterocycles. The maximum atomic E-state index is 14.3. The normalized spacial score (nSPS) is 25.2. The Labute approximate surface area is 143 Å². The number of aliphatic hydroxyl groups is 1. The van der Waals surface area contributed by atoms with Crippen molar-refractivity contribution >= 4 is 11.8 Å². The van der Waals surface area contributed by atoms with E-state index in [1.54, 1.807) is 11.8 Å². The van der Waals surface area contributed by atoms with Crippen LogP contribution in [0, 0.1) is 11.6 Å². The number of nitrogens with zero attached hydrogens (tertiary/aromatic N) is 3. The van der Waals surface area contributed by atoms with Crippen LogP contribution >= 0.6 is 11.8 Å². The van der Waals surface area contributed by atoms with E-state index in [4.69, 9.17) is 0 Å². The molecule has 0 spiro atoms. The minimum Gasteiger partial charge on any atom is -0.395 e. The predicted octanol–water partition coefficient (Wildman–Crippen LogP) is 2.68. The summed E-state index contributed by atoms with van der Waals surface area (Å²) in [6.45, 7) is 2.84. The van der Waals surface area contributed by atoms with E-state index in [1.807, 2.05) is 6.92 Å². The van der Waals surface area contributed by atoms with Gasteiger partial charge >= 0.3 is 0 Å². The van der Waals surface area contributed by atoms with E-state index in [2.05, 4.69) is 14.8 Å². The molecule has 1 aromatic carbocycles. The van der Waals surface area contributed by atoms with Crippen LogP contribution in [0.2, 0.25) is 0 Å². The number of hydrogen-bond donors (Lipinski definition) is 1. The lowest BCUT2D eigenvalue weighted by molar-refractivity contribution is 0.254. The first-order valence-electron chi connectivity index (χ1n) is 8.10. The molecule has 0 unspecified atom stereocenters. The van der Waals surface area contributed by atoms with Gasteiger partial charge in [-0.25, -0.2) is 8.78 Å². The highest BCUT2D eigenvalue weighted by Crippen LogP contribution is 2.54. The van der Waals surface area contributed by atoms with Gasteiger partial charge in [-0.3, -0.25) is 0 Å². The van der Waals surface area contributed by atoms with Gasteiger partial charge < -0.3 is 9.67 Å². The van der Waals surface area contributed by atoms with Gasteiger partial charge in [0.2, 0.25) is 0 Å². The van der Waals surface area contributed by atoms with Crippen LogP contribution in [0.1, 0.15) is 37.0 Å². The third-order valence-corrected chi connectivity index (χ3v) is 6.44. The lowest BCUT2D eigenvalue weighted by atomic mass is 9.94. The van der Waals surface area contributed by atoms with Crippen LogP contribution in [0.5, 0.6) is 0 Å². The number of halogens is 2. The third-order valence-electron chi connectivity index (χ3n) is 5.08. The van der Waals surface area contributed by atoms with Crippen LogP contribution < -0.4 is 0 Å². The molecule has 0 amide bonds. The summed E-state index contributed by atoms with van der Waals surface area (Å²) >= 11 is 1.73. The van der Waals surface area contributed by atoms with Crippen molar-refractivity contribution < 1.29 is 13.9 Å². The molecule has 0 bridgehead atoms. The van der Waals surface area contributed by atoms with Crippen molar-refractivity contribution in [2.24, 2.45) is 0 Å². The van der Waals surface area contributed by atoms with E-state index < -0.39 is 17.0 Å². The summed E-state index contributed by atoms with van der Waals surface area (Å²) in [7, 11) is 0. The fourth-order valence-electron chi connectivity index (χ4n) is 3.54.